The number of fused-ring (bicyclic) bond motifs is 3. The smallest absolute Gasteiger partial charge is 0.407 e. The zero-order valence-corrected chi connectivity index (χ0v) is 19.4. The molecule has 3 aliphatic rings. The molecule has 184 valence electrons. The molecule has 9 heteroatoms. The number of alkyl carbamates (subject to hydrolysis) is 1. The Morgan fingerprint density at radius 3 is 2.40 bits per heavy atom. The van der Waals surface area contributed by atoms with Crippen LogP contribution >= 0.6 is 0 Å². The van der Waals surface area contributed by atoms with E-state index in [1.165, 1.54) is 11.8 Å². The third kappa shape index (κ3) is 4.37. The Kier molecular flexibility index (Phi) is 6.21. The van der Waals surface area contributed by atoms with Gasteiger partial charge in [-0.1, -0.05) is 48.5 Å². The van der Waals surface area contributed by atoms with Gasteiger partial charge in [0.05, 0.1) is 19.2 Å². The second kappa shape index (κ2) is 9.31. The predicted molar refractivity (Wildman–Crippen MR) is 125 cm³/mol. The highest BCUT2D eigenvalue weighted by Crippen LogP contribution is 2.44. The van der Waals surface area contributed by atoms with Gasteiger partial charge in [0.2, 0.25) is 0 Å². The van der Waals surface area contributed by atoms with Crippen molar-refractivity contribution in [1.29, 1.82) is 0 Å². The quantitative estimate of drug-likeness (QED) is 0.675. The van der Waals surface area contributed by atoms with Crippen molar-refractivity contribution in [3.63, 3.8) is 0 Å². The Bertz CT molecular complexity index is 1110. The molecule has 2 heterocycles. The highest BCUT2D eigenvalue weighted by Gasteiger charge is 2.45. The molecule has 35 heavy (non-hydrogen) atoms. The van der Waals surface area contributed by atoms with E-state index in [2.05, 4.69) is 17.4 Å². The molecular weight excluding hydrogens is 452 g/mol. The number of ether oxygens (including phenoxy) is 3. The standard InChI is InChI=1S/C26H28N2O7/c1-26(24(30)31)15-28(11-13-35-26)23(29)22-21(10-12-33-22)27-25(32)34-14-20-18-8-4-2-6-16(18)17-7-3-5-9-19(17)20/h2-9,20-22H,10-15H2,1H3,(H,27,32)(H,30,31)/t21-,22+,26?/m0/s1. The van der Waals surface area contributed by atoms with E-state index in [1.54, 1.807) is 0 Å². The van der Waals surface area contributed by atoms with Crippen LogP contribution in [0.5, 0.6) is 0 Å². The number of benzene rings is 2. The second-order valence-corrected chi connectivity index (χ2v) is 9.30. The molecule has 2 amide bonds. The van der Waals surface area contributed by atoms with Crippen LogP contribution in [0.3, 0.4) is 0 Å². The van der Waals surface area contributed by atoms with Gasteiger partial charge in [0.25, 0.3) is 5.91 Å². The van der Waals surface area contributed by atoms with Gasteiger partial charge < -0.3 is 29.5 Å². The molecule has 3 atom stereocenters. The minimum Gasteiger partial charge on any atom is -0.479 e. The molecule has 9 nitrogen and oxygen atoms in total. The molecule has 5 rings (SSSR count). The highest BCUT2D eigenvalue weighted by molar-refractivity contribution is 5.85. The molecule has 1 aliphatic carbocycles. The number of nitrogens with one attached hydrogen (secondary N) is 1. The first-order valence-electron chi connectivity index (χ1n) is 11.8. The fourth-order valence-electron chi connectivity index (χ4n) is 5.14. The number of morpholine rings is 1. The van der Waals surface area contributed by atoms with Crippen LogP contribution in [0.1, 0.15) is 30.4 Å². The number of amides is 2. The first-order valence-corrected chi connectivity index (χ1v) is 11.8. The average molecular weight is 481 g/mol. The summed E-state index contributed by atoms with van der Waals surface area (Å²) in [6, 6.07) is 15.6. The summed E-state index contributed by atoms with van der Waals surface area (Å²) >= 11 is 0. The number of hydrogen-bond acceptors (Lipinski definition) is 6. The van der Waals surface area contributed by atoms with Crippen molar-refractivity contribution in [1.82, 2.24) is 10.2 Å². The lowest BCUT2D eigenvalue weighted by Crippen LogP contribution is -2.59. The highest BCUT2D eigenvalue weighted by atomic mass is 16.6. The van der Waals surface area contributed by atoms with E-state index in [9.17, 15) is 19.5 Å². The van der Waals surface area contributed by atoms with Crippen LogP contribution in [-0.2, 0) is 23.8 Å². The van der Waals surface area contributed by atoms with Crippen molar-refractivity contribution in [3.05, 3.63) is 59.7 Å². The largest absolute Gasteiger partial charge is 0.479 e. The van der Waals surface area contributed by atoms with Gasteiger partial charge in [-0.3, -0.25) is 4.79 Å². The second-order valence-electron chi connectivity index (χ2n) is 9.30. The van der Waals surface area contributed by atoms with Crippen LogP contribution in [-0.4, -0.2) is 78.6 Å². The van der Waals surface area contributed by atoms with Crippen LogP contribution < -0.4 is 5.32 Å². The van der Waals surface area contributed by atoms with E-state index in [-0.39, 0.29) is 38.1 Å². The Labute approximate surface area is 203 Å². The SMILES string of the molecule is CC1(C(=O)O)CN(C(=O)[C@@H]2OCC[C@@H]2NC(=O)OCC2c3ccccc3-c3ccccc32)CCO1. The van der Waals surface area contributed by atoms with Crippen LogP contribution in [0.2, 0.25) is 0 Å². The van der Waals surface area contributed by atoms with Crippen LogP contribution in [0, 0.1) is 0 Å². The summed E-state index contributed by atoms with van der Waals surface area (Å²) in [5.74, 6) is -1.55. The normalized spacial score (nSPS) is 25.6. The summed E-state index contributed by atoms with van der Waals surface area (Å²) in [7, 11) is 0. The summed E-state index contributed by atoms with van der Waals surface area (Å²) in [6.45, 7) is 2.22. The number of carbonyl (C=O) groups excluding carboxylic acids is 2. The van der Waals surface area contributed by atoms with Gasteiger partial charge >= 0.3 is 12.1 Å². The molecule has 2 aromatic rings. The Balaban J connectivity index is 1.21. The zero-order chi connectivity index (χ0) is 24.6. The Hall–Kier alpha value is -3.43. The molecule has 2 aliphatic heterocycles. The van der Waals surface area contributed by atoms with Crippen LogP contribution in [0.25, 0.3) is 11.1 Å². The first kappa shape index (κ1) is 23.3. The van der Waals surface area contributed by atoms with Crippen LogP contribution in [0.4, 0.5) is 4.79 Å². The summed E-state index contributed by atoms with van der Waals surface area (Å²) in [4.78, 5) is 38.8. The van der Waals surface area contributed by atoms with Gasteiger partial charge in [0, 0.05) is 19.1 Å². The van der Waals surface area contributed by atoms with E-state index >= 15 is 0 Å². The molecular formula is C26H28N2O7. The summed E-state index contributed by atoms with van der Waals surface area (Å²) < 4.78 is 16.6. The Morgan fingerprint density at radius 1 is 1.09 bits per heavy atom. The molecule has 2 saturated heterocycles. The number of carbonyl (C=O) groups is 3. The molecule has 0 spiro atoms. The van der Waals surface area contributed by atoms with Crippen molar-refractivity contribution in [2.45, 2.75) is 37.0 Å². The van der Waals surface area contributed by atoms with Gasteiger partial charge in [-0.25, -0.2) is 9.59 Å². The molecule has 2 N–H and O–H groups in total. The molecule has 0 radical (unpaired) electrons. The predicted octanol–water partition coefficient (Wildman–Crippen LogP) is 2.38. The third-order valence-electron chi connectivity index (χ3n) is 7.02. The molecule has 1 unspecified atom stereocenters. The number of nitrogens with zero attached hydrogens (tertiary/aromatic N) is 1. The lowest BCUT2D eigenvalue weighted by molar-refractivity contribution is -0.179. The fraction of sp³-hybridized carbons (Fsp3) is 0.423. The van der Waals surface area contributed by atoms with Crippen molar-refractivity contribution >= 4 is 18.0 Å². The van der Waals surface area contributed by atoms with E-state index in [0.717, 1.165) is 22.3 Å². The molecule has 0 saturated carbocycles. The minimum atomic E-state index is -1.47. The lowest BCUT2D eigenvalue weighted by Gasteiger charge is -2.38. The lowest BCUT2D eigenvalue weighted by atomic mass is 9.98. The number of carboxylic acids is 1. The van der Waals surface area contributed by atoms with Crippen LogP contribution in [0.15, 0.2) is 48.5 Å². The minimum absolute atomic E-state index is 0.0625. The van der Waals surface area contributed by atoms with Crippen molar-refractivity contribution in [3.8, 4) is 11.1 Å². The van der Waals surface area contributed by atoms with Gasteiger partial charge in [-0.05, 0) is 35.6 Å². The first-order chi connectivity index (χ1) is 16.9. The topological polar surface area (TPSA) is 114 Å². The Morgan fingerprint density at radius 2 is 1.74 bits per heavy atom. The van der Waals surface area contributed by atoms with E-state index in [4.69, 9.17) is 14.2 Å². The van der Waals surface area contributed by atoms with E-state index < -0.39 is 29.8 Å². The molecule has 2 aromatic carbocycles. The zero-order valence-electron chi connectivity index (χ0n) is 19.4. The fourth-order valence-corrected chi connectivity index (χ4v) is 5.14. The van der Waals surface area contributed by atoms with E-state index in [1.807, 2.05) is 36.4 Å². The number of aliphatic carboxylic acids is 1. The van der Waals surface area contributed by atoms with E-state index in [0.29, 0.717) is 13.0 Å². The maximum Gasteiger partial charge on any atom is 0.407 e. The average Bonchev–Trinajstić information content (AvgIpc) is 3.44. The van der Waals surface area contributed by atoms with Gasteiger partial charge in [-0.2, -0.15) is 0 Å². The summed E-state index contributed by atoms with van der Waals surface area (Å²) in [5.41, 5.74) is 3.05. The number of hydrogen-bond donors (Lipinski definition) is 2. The van der Waals surface area contributed by atoms with Gasteiger partial charge in [0.15, 0.2) is 11.7 Å². The molecule has 0 bridgehead atoms. The summed E-state index contributed by atoms with van der Waals surface area (Å²) in [6.07, 6.45) is -1.05. The molecule has 0 aromatic heterocycles. The third-order valence-corrected chi connectivity index (χ3v) is 7.02. The maximum atomic E-state index is 13.1. The monoisotopic (exact) mass is 480 g/mol. The molecule has 2 fully saturated rings. The van der Waals surface area contributed by atoms with Crippen molar-refractivity contribution < 1.29 is 33.7 Å². The van der Waals surface area contributed by atoms with Gasteiger partial charge in [-0.15, -0.1) is 0 Å². The summed E-state index contributed by atoms with van der Waals surface area (Å²) in [5, 5.41) is 12.2. The number of rotatable bonds is 5. The van der Waals surface area contributed by atoms with Crippen molar-refractivity contribution in [2.75, 3.05) is 32.9 Å². The van der Waals surface area contributed by atoms with Crippen molar-refractivity contribution in [2.24, 2.45) is 0 Å². The maximum absolute atomic E-state index is 13.1. The number of carboxylic acid groups (broad SMARTS) is 1. The van der Waals surface area contributed by atoms with Gasteiger partial charge in [0.1, 0.15) is 6.61 Å².